The minimum Gasteiger partial charge on any atom is -0.497 e. The molecule has 6 heteroatoms. The molecule has 0 amide bonds. The van der Waals surface area contributed by atoms with Gasteiger partial charge in [-0.05, 0) is 109 Å². The fourth-order valence-electron chi connectivity index (χ4n) is 9.77. The molecule has 3 aliphatic rings. The Hall–Kier alpha value is -6.14. The predicted octanol–water partition coefficient (Wildman–Crippen LogP) is 12.0. The molecule has 0 saturated heterocycles. The molecule has 0 saturated carbocycles. The molecule has 3 heterocycles. The van der Waals surface area contributed by atoms with E-state index in [1.54, 1.807) is 14.2 Å². The van der Waals surface area contributed by atoms with Crippen LogP contribution in [0.15, 0.2) is 168 Å². The Morgan fingerprint density at radius 1 is 0.698 bits per heavy atom. The van der Waals surface area contributed by atoms with Gasteiger partial charge in [-0.1, -0.05) is 94.4 Å². The number of pyridine rings is 1. The summed E-state index contributed by atoms with van der Waals surface area (Å²) in [6.07, 6.45) is 17.3. The summed E-state index contributed by atoms with van der Waals surface area (Å²) in [5.41, 5.74) is 13.4. The van der Waals surface area contributed by atoms with E-state index >= 15 is 0 Å². The van der Waals surface area contributed by atoms with E-state index in [4.69, 9.17) is 14.2 Å². The number of hydrogen-bond acceptors (Lipinski definition) is 4. The fraction of sp³-hybridized carbons (Fsp3) is 0.333. The first-order valence-electron chi connectivity index (χ1n) is 22.7. The first-order valence-corrected chi connectivity index (χ1v) is 22.7. The molecule has 4 aromatic carbocycles. The van der Waals surface area contributed by atoms with E-state index in [9.17, 15) is 0 Å². The maximum absolute atomic E-state index is 7.36. The summed E-state index contributed by atoms with van der Waals surface area (Å²) >= 11 is 0. The van der Waals surface area contributed by atoms with Crippen LogP contribution in [0.5, 0.6) is 11.5 Å². The SMILES string of the molecule is COc1ccc2c(c1)C(C)(C)C(/C=C/C1=C(OC(c3cc[n+](C)cc3)C(C)C)C(=C/C=C3/N(CCc4ccccc4)c4ccc(OC)cc4C3(C)C)/CC1)=[N+]2CCc1ccccc1. The Kier molecular flexibility index (Phi) is 12.6. The lowest BCUT2D eigenvalue weighted by molar-refractivity contribution is -0.671. The average Bonchev–Trinajstić information content (AvgIpc) is 3.85. The van der Waals surface area contributed by atoms with Gasteiger partial charge in [0.1, 0.15) is 30.4 Å². The molecule has 0 fully saturated rings. The van der Waals surface area contributed by atoms with Crippen LogP contribution in [0.25, 0.3) is 0 Å². The number of fused-ring (bicyclic) bond motifs is 2. The van der Waals surface area contributed by atoms with Gasteiger partial charge >= 0.3 is 0 Å². The number of ether oxygens (including phenoxy) is 3. The van der Waals surface area contributed by atoms with Crippen LogP contribution in [0, 0.1) is 5.92 Å². The van der Waals surface area contributed by atoms with Gasteiger partial charge in [-0.15, -0.1) is 0 Å². The summed E-state index contributed by atoms with van der Waals surface area (Å²) in [6, 6.07) is 39.1. The monoisotopic (exact) mass is 840 g/mol. The Morgan fingerprint density at radius 2 is 1.33 bits per heavy atom. The number of nitrogens with zero attached hydrogens (tertiary/aromatic N) is 3. The van der Waals surface area contributed by atoms with Crippen LogP contribution in [0.2, 0.25) is 0 Å². The molecule has 8 rings (SSSR count). The van der Waals surface area contributed by atoms with Crippen molar-refractivity contribution in [1.82, 2.24) is 0 Å². The normalized spacial score (nSPS) is 18.2. The van der Waals surface area contributed by atoms with Gasteiger partial charge in [0.2, 0.25) is 5.69 Å². The van der Waals surface area contributed by atoms with Gasteiger partial charge in [-0.25, -0.2) is 4.57 Å². The molecule has 0 radical (unpaired) electrons. The second kappa shape index (κ2) is 18.3. The molecule has 324 valence electrons. The van der Waals surface area contributed by atoms with Gasteiger partial charge < -0.3 is 19.1 Å². The number of allylic oxidation sites excluding steroid dienone is 7. The van der Waals surface area contributed by atoms with Gasteiger partial charge in [0.15, 0.2) is 24.7 Å². The van der Waals surface area contributed by atoms with E-state index in [2.05, 4.69) is 209 Å². The quantitative estimate of drug-likeness (QED) is 0.0985. The van der Waals surface area contributed by atoms with Crippen molar-refractivity contribution in [2.24, 2.45) is 13.0 Å². The molecule has 6 nitrogen and oxygen atoms in total. The molecule has 2 aliphatic heterocycles. The van der Waals surface area contributed by atoms with Crippen LogP contribution < -0.4 is 18.9 Å². The molecule has 1 aliphatic carbocycles. The van der Waals surface area contributed by atoms with Crippen molar-refractivity contribution in [3.63, 3.8) is 0 Å². The summed E-state index contributed by atoms with van der Waals surface area (Å²) in [7, 11) is 5.57. The first-order chi connectivity index (χ1) is 30.4. The highest BCUT2D eigenvalue weighted by molar-refractivity contribution is 6.03. The summed E-state index contributed by atoms with van der Waals surface area (Å²) in [6.45, 7) is 15.6. The lowest BCUT2D eigenvalue weighted by Crippen LogP contribution is -2.28. The standard InChI is InChI=1S/C57H65N3O3/c1-40(2)54(45-32-34-58(7)35-33-45)63-55-43(22-28-52-56(3,4)48-38-46(61-8)24-26-50(48)59(52)36-30-41-16-12-10-13-17-41)20-21-44(55)23-29-53-57(5,6)49-39-47(62-9)25-27-51(49)60(53)37-31-42-18-14-11-15-19-42/h10-19,22-29,32-35,38-40,54H,20-21,30-31,36-37H2,1-9H3/q+2. The largest absolute Gasteiger partial charge is 0.497 e. The number of anilines is 1. The molecule has 1 unspecified atom stereocenters. The molecular weight excluding hydrogens is 775 g/mol. The van der Waals surface area contributed by atoms with Crippen molar-refractivity contribution in [3.8, 4) is 11.5 Å². The second-order valence-electron chi connectivity index (χ2n) is 18.7. The molecule has 5 aromatic rings. The van der Waals surface area contributed by atoms with Gasteiger partial charge in [-0.3, -0.25) is 0 Å². The summed E-state index contributed by atoms with van der Waals surface area (Å²) in [5, 5.41) is 0. The van der Waals surface area contributed by atoms with Crippen LogP contribution in [0.4, 0.5) is 11.4 Å². The highest BCUT2D eigenvalue weighted by Gasteiger charge is 2.45. The summed E-state index contributed by atoms with van der Waals surface area (Å²) < 4.78 is 23.5. The zero-order chi connectivity index (χ0) is 44.3. The third-order valence-corrected chi connectivity index (χ3v) is 13.4. The van der Waals surface area contributed by atoms with E-state index in [0.717, 1.165) is 56.0 Å². The minimum absolute atomic E-state index is 0.115. The highest BCUT2D eigenvalue weighted by atomic mass is 16.5. The number of benzene rings is 4. The number of aromatic nitrogens is 1. The van der Waals surface area contributed by atoms with Crippen molar-refractivity contribution in [2.75, 3.05) is 32.2 Å². The van der Waals surface area contributed by atoms with Crippen LogP contribution in [0.1, 0.15) is 88.3 Å². The van der Waals surface area contributed by atoms with Crippen LogP contribution >= 0.6 is 0 Å². The molecular formula is C57H65N3O3+2. The van der Waals surface area contributed by atoms with Crippen LogP contribution in [-0.4, -0.2) is 37.6 Å². The van der Waals surface area contributed by atoms with Crippen molar-refractivity contribution in [1.29, 1.82) is 0 Å². The number of aryl methyl sites for hydroxylation is 1. The number of hydrogen-bond donors (Lipinski definition) is 0. The van der Waals surface area contributed by atoms with Gasteiger partial charge in [0.25, 0.3) is 0 Å². The van der Waals surface area contributed by atoms with Gasteiger partial charge in [0, 0.05) is 65.2 Å². The smallest absolute Gasteiger partial charge is 0.210 e. The van der Waals surface area contributed by atoms with E-state index in [0.29, 0.717) is 0 Å². The molecule has 1 aromatic heterocycles. The van der Waals surface area contributed by atoms with Crippen molar-refractivity contribution in [3.05, 3.63) is 196 Å². The lowest BCUT2D eigenvalue weighted by atomic mass is 9.81. The van der Waals surface area contributed by atoms with Gasteiger partial charge in [-0.2, -0.15) is 4.58 Å². The minimum atomic E-state index is -0.241. The Morgan fingerprint density at radius 3 is 1.98 bits per heavy atom. The zero-order valence-corrected chi connectivity index (χ0v) is 38.8. The Balaban J connectivity index is 1.22. The zero-order valence-electron chi connectivity index (χ0n) is 38.8. The van der Waals surface area contributed by atoms with Crippen LogP contribution in [-0.2, 0) is 35.5 Å². The Labute approximate surface area is 376 Å². The van der Waals surface area contributed by atoms with E-state index < -0.39 is 0 Å². The highest BCUT2D eigenvalue weighted by Crippen LogP contribution is 2.50. The number of methoxy groups -OCH3 is 2. The fourth-order valence-corrected chi connectivity index (χ4v) is 9.77. The lowest BCUT2D eigenvalue weighted by Gasteiger charge is -2.27. The summed E-state index contributed by atoms with van der Waals surface area (Å²) in [4.78, 5) is 2.52. The van der Waals surface area contributed by atoms with Crippen LogP contribution in [0.3, 0.4) is 0 Å². The van der Waals surface area contributed by atoms with E-state index in [1.807, 2.05) is 0 Å². The average molecular weight is 840 g/mol. The van der Waals surface area contributed by atoms with E-state index in [-0.39, 0.29) is 22.9 Å². The first kappa shape index (κ1) is 43.5. The van der Waals surface area contributed by atoms with Crippen molar-refractivity contribution in [2.45, 2.75) is 84.2 Å². The maximum atomic E-state index is 7.36. The Bertz CT molecular complexity index is 2590. The van der Waals surface area contributed by atoms with E-state index in [1.165, 1.54) is 61.7 Å². The number of rotatable bonds is 15. The third-order valence-electron chi connectivity index (χ3n) is 13.4. The molecule has 0 bridgehead atoms. The van der Waals surface area contributed by atoms with Crippen molar-refractivity contribution >= 4 is 17.1 Å². The van der Waals surface area contributed by atoms with Crippen molar-refractivity contribution < 1.29 is 23.4 Å². The second-order valence-corrected chi connectivity index (χ2v) is 18.7. The molecule has 1 atom stereocenters. The molecule has 0 spiro atoms. The third kappa shape index (κ3) is 8.91. The maximum Gasteiger partial charge on any atom is 0.210 e. The molecule has 63 heavy (non-hydrogen) atoms. The summed E-state index contributed by atoms with van der Waals surface area (Å²) in [5.74, 6) is 3.01. The topological polar surface area (TPSA) is 37.8 Å². The predicted molar refractivity (Wildman–Crippen MR) is 257 cm³/mol. The van der Waals surface area contributed by atoms with Gasteiger partial charge in [0.05, 0.1) is 19.6 Å². The molecule has 0 N–H and O–H groups in total.